The Kier molecular flexibility index (Phi) is 4.06. The van der Waals surface area contributed by atoms with Gasteiger partial charge in [0, 0.05) is 11.8 Å². The Morgan fingerprint density at radius 3 is 2.85 bits per heavy atom. The van der Waals surface area contributed by atoms with Crippen molar-refractivity contribution in [2.75, 3.05) is 6.61 Å². The maximum Gasteiger partial charge on any atom is 0.277 e. The zero-order chi connectivity index (χ0) is 18.1. The number of ether oxygens (including phenoxy) is 2. The minimum atomic E-state index is -0.431. The first-order chi connectivity index (χ1) is 13.3. The van der Waals surface area contributed by atoms with Crippen LogP contribution in [0.1, 0.15) is 17.7 Å². The summed E-state index contributed by atoms with van der Waals surface area (Å²) in [5.41, 5.74) is 0.748. The molecule has 0 spiro atoms. The predicted octanol–water partition coefficient (Wildman–Crippen LogP) is 4.12. The van der Waals surface area contributed by atoms with E-state index < -0.39 is 6.10 Å². The molecule has 8 nitrogen and oxygen atoms in total. The van der Waals surface area contributed by atoms with Crippen molar-refractivity contribution in [2.45, 2.75) is 17.1 Å². The van der Waals surface area contributed by atoms with Gasteiger partial charge in [-0.15, -0.1) is 10.2 Å². The van der Waals surface area contributed by atoms with Crippen molar-refractivity contribution < 1.29 is 22.8 Å². The third kappa shape index (κ3) is 3.28. The van der Waals surface area contributed by atoms with Gasteiger partial charge in [0.05, 0.1) is 12.0 Å². The van der Waals surface area contributed by atoms with Crippen LogP contribution in [0.25, 0.3) is 11.5 Å². The molecule has 0 amide bonds. The highest BCUT2D eigenvalue weighted by Crippen LogP contribution is 2.36. The fourth-order valence-electron chi connectivity index (χ4n) is 2.60. The maximum absolute atomic E-state index is 5.87. The Labute approximate surface area is 157 Å². The third-order valence-electron chi connectivity index (χ3n) is 3.87. The number of aromatic nitrogens is 3. The lowest BCUT2D eigenvalue weighted by molar-refractivity contribution is 0.0686. The Morgan fingerprint density at radius 2 is 1.96 bits per heavy atom. The van der Waals surface area contributed by atoms with Gasteiger partial charge in [-0.05, 0) is 24.3 Å². The zero-order valence-corrected chi connectivity index (χ0v) is 14.7. The molecule has 5 rings (SSSR count). The van der Waals surface area contributed by atoms with Crippen molar-refractivity contribution in [1.82, 2.24) is 15.4 Å². The number of thioether (sulfide) groups is 1. The van der Waals surface area contributed by atoms with E-state index >= 15 is 0 Å². The molecule has 0 aliphatic carbocycles. The van der Waals surface area contributed by atoms with Crippen molar-refractivity contribution in [1.29, 1.82) is 0 Å². The topological polar surface area (TPSA) is 96.6 Å². The number of furan rings is 1. The van der Waals surface area contributed by atoms with E-state index in [0.29, 0.717) is 46.5 Å². The number of nitrogens with zero attached hydrogens (tertiary/aromatic N) is 3. The van der Waals surface area contributed by atoms with Crippen molar-refractivity contribution in [3.05, 3.63) is 60.3 Å². The average Bonchev–Trinajstić information content (AvgIpc) is 3.47. The molecule has 0 fully saturated rings. The molecule has 0 bridgehead atoms. The number of hydrogen-bond donors (Lipinski definition) is 0. The molecule has 1 aliphatic heterocycles. The van der Waals surface area contributed by atoms with Gasteiger partial charge in [-0.25, -0.2) is 0 Å². The Morgan fingerprint density at radius 1 is 1.04 bits per heavy atom. The van der Waals surface area contributed by atoms with Gasteiger partial charge in [0.15, 0.2) is 17.3 Å². The summed E-state index contributed by atoms with van der Waals surface area (Å²) in [6.45, 7) is 0.319. The summed E-state index contributed by atoms with van der Waals surface area (Å²) in [7, 11) is 0. The molecule has 4 aromatic rings. The molecule has 1 aliphatic rings. The number of benzene rings is 1. The minimum absolute atomic E-state index is 0.319. The van der Waals surface area contributed by atoms with E-state index in [0.717, 1.165) is 5.69 Å². The fraction of sp³-hybridized carbons (Fsp3) is 0.167. The second-order valence-corrected chi connectivity index (χ2v) is 6.65. The first kappa shape index (κ1) is 16.0. The normalized spacial score (nSPS) is 15.8. The van der Waals surface area contributed by atoms with Crippen LogP contribution in [0.5, 0.6) is 11.5 Å². The van der Waals surface area contributed by atoms with Crippen LogP contribution in [-0.4, -0.2) is 22.0 Å². The standard InChI is InChI=1S/C18H13N3O5S/c1-2-5-14-12(4-1)23-9-16(24-14)17-19-20-18(25-17)27-10-11-8-15(26-21-11)13-6-3-7-22-13/h1-8,16H,9-10H2/t16-/m1/s1. The third-order valence-corrected chi connectivity index (χ3v) is 4.72. The highest BCUT2D eigenvalue weighted by Gasteiger charge is 2.27. The largest absolute Gasteiger partial charge is 0.485 e. The van der Waals surface area contributed by atoms with Gasteiger partial charge in [0.1, 0.15) is 6.61 Å². The molecule has 0 saturated heterocycles. The molecule has 27 heavy (non-hydrogen) atoms. The first-order valence-electron chi connectivity index (χ1n) is 8.19. The highest BCUT2D eigenvalue weighted by molar-refractivity contribution is 7.98. The molecular formula is C18H13N3O5S. The van der Waals surface area contributed by atoms with Crippen LogP contribution in [0.4, 0.5) is 0 Å². The van der Waals surface area contributed by atoms with Gasteiger partial charge in [-0.3, -0.25) is 0 Å². The van der Waals surface area contributed by atoms with Crippen molar-refractivity contribution in [3.8, 4) is 23.0 Å². The van der Waals surface area contributed by atoms with E-state index in [2.05, 4.69) is 15.4 Å². The minimum Gasteiger partial charge on any atom is -0.485 e. The molecule has 0 unspecified atom stereocenters. The van der Waals surface area contributed by atoms with Crippen LogP contribution in [0.2, 0.25) is 0 Å². The lowest BCUT2D eigenvalue weighted by Crippen LogP contribution is -2.21. The van der Waals surface area contributed by atoms with Crippen molar-refractivity contribution in [3.63, 3.8) is 0 Å². The zero-order valence-electron chi connectivity index (χ0n) is 13.9. The van der Waals surface area contributed by atoms with E-state index in [9.17, 15) is 0 Å². The molecule has 0 radical (unpaired) electrons. The van der Waals surface area contributed by atoms with Crippen LogP contribution in [0.3, 0.4) is 0 Å². The van der Waals surface area contributed by atoms with Crippen LogP contribution >= 0.6 is 11.8 Å². The van der Waals surface area contributed by atoms with Crippen molar-refractivity contribution in [2.24, 2.45) is 0 Å². The summed E-state index contributed by atoms with van der Waals surface area (Å²) >= 11 is 1.36. The lowest BCUT2D eigenvalue weighted by atomic mass is 10.2. The first-order valence-corrected chi connectivity index (χ1v) is 9.18. The monoisotopic (exact) mass is 383 g/mol. The Bertz CT molecular complexity index is 1040. The van der Waals surface area contributed by atoms with E-state index in [1.165, 1.54) is 11.8 Å². The van der Waals surface area contributed by atoms with Crippen LogP contribution in [0, 0.1) is 0 Å². The average molecular weight is 383 g/mol. The number of hydrogen-bond acceptors (Lipinski definition) is 9. The number of fused-ring (bicyclic) bond motifs is 1. The summed E-state index contributed by atoms with van der Waals surface area (Å²) in [6, 6.07) is 12.9. The van der Waals surface area contributed by atoms with Gasteiger partial charge in [0.25, 0.3) is 11.1 Å². The summed E-state index contributed by atoms with van der Waals surface area (Å²) in [6.07, 6.45) is 1.15. The molecule has 0 saturated carbocycles. The van der Waals surface area contributed by atoms with E-state index in [1.54, 1.807) is 12.3 Å². The summed E-state index contributed by atoms with van der Waals surface area (Å²) in [4.78, 5) is 0. The maximum atomic E-state index is 5.87. The molecule has 3 aromatic heterocycles. The molecule has 136 valence electrons. The van der Waals surface area contributed by atoms with E-state index in [4.69, 9.17) is 22.8 Å². The summed E-state index contributed by atoms with van der Waals surface area (Å²) in [5.74, 6) is 3.48. The highest BCUT2D eigenvalue weighted by atomic mass is 32.2. The van der Waals surface area contributed by atoms with Gasteiger partial charge in [0.2, 0.25) is 11.9 Å². The molecule has 1 aromatic carbocycles. The Balaban J connectivity index is 1.23. The van der Waals surface area contributed by atoms with Gasteiger partial charge in [-0.1, -0.05) is 29.1 Å². The second-order valence-electron chi connectivity index (χ2n) is 5.72. The molecule has 9 heteroatoms. The van der Waals surface area contributed by atoms with Gasteiger partial charge < -0.3 is 22.8 Å². The van der Waals surface area contributed by atoms with Gasteiger partial charge >= 0.3 is 0 Å². The summed E-state index contributed by atoms with van der Waals surface area (Å²) in [5, 5.41) is 12.6. The summed E-state index contributed by atoms with van der Waals surface area (Å²) < 4.78 is 27.8. The fourth-order valence-corrected chi connectivity index (χ4v) is 3.25. The second kappa shape index (κ2) is 6.84. The van der Waals surface area contributed by atoms with Crippen LogP contribution < -0.4 is 9.47 Å². The quantitative estimate of drug-likeness (QED) is 0.471. The lowest BCUT2D eigenvalue weighted by Gasteiger charge is -2.23. The molecular weight excluding hydrogens is 370 g/mol. The van der Waals surface area contributed by atoms with E-state index in [-0.39, 0.29) is 0 Å². The smallest absolute Gasteiger partial charge is 0.277 e. The number of para-hydroxylation sites is 2. The Hall–Kier alpha value is -3.20. The van der Waals surface area contributed by atoms with Crippen molar-refractivity contribution >= 4 is 11.8 Å². The van der Waals surface area contributed by atoms with Crippen LogP contribution in [0.15, 0.2) is 67.3 Å². The van der Waals surface area contributed by atoms with Gasteiger partial charge in [-0.2, -0.15) is 0 Å². The van der Waals surface area contributed by atoms with Crippen LogP contribution in [-0.2, 0) is 5.75 Å². The number of rotatable bonds is 5. The predicted molar refractivity (Wildman–Crippen MR) is 93.4 cm³/mol. The molecule has 0 N–H and O–H groups in total. The molecule has 4 heterocycles. The van der Waals surface area contributed by atoms with E-state index in [1.807, 2.05) is 36.4 Å². The molecule has 1 atom stereocenters. The SMILES string of the molecule is c1coc(-c2cc(CSc3nnc([C@H]4COc5ccccc5O4)o3)no2)c1.